The number of rotatable bonds is 6. The molecule has 1 aliphatic carbocycles. The second-order valence-electron chi connectivity index (χ2n) is 5.13. The third kappa shape index (κ3) is 4.04. The summed E-state index contributed by atoms with van der Waals surface area (Å²) in [5, 5.41) is 3.42. The maximum absolute atomic E-state index is 5.79. The third-order valence-corrected chi connectivity index (χ3v) is 3.63. The first-order valence-electron chi connectivity index (χ1n) is 6.82. The largest absolute Gasteiger partial charge is 0.377 e. The van der Waals surface area contributed by atoms with E-state index >= 15 is 0 Å². The fraction of sp³-hybridized carbons (Fsp3) is 1.00. The summed E-state index contributed by atoms with van der Waals surface area (Å²) in [6, 6.07) is 0. The highest BCUT2D eigenvalue weighted by molar-refractivity contribution is 4.72. The average molecular weight is 227 g/mol. The number of ether oxygens (including phenoxy) is 2. The average Bonchev–Trinajstić information content (AvgIpc) is 2.89. The molecule has 0 aromatic carbocycles. The standard InChI is InChI=1S/C13H25NO2/c1-11-6-7-13(16-11)10-14-8-9-15-12-4-2-3-5-12/h11-14H,2-10H2,1H3. The van der Waals surface area contributed by atoms with Gasteiger partial charge in [0, 0.05) is 13.1 Å². The van der Waals surface area contributed by atoms with E-state index in [1.165, 1.54) is 38.5 Å². The normalized spacial score (nSPS) is 31.3. The van der Waals surface area contributed by atoms with Gasteiger partial charge in [0.15, 0.2) is 0 Å². The topological polar surface area (TPSA) is 30.5 Å². The van der Waals surface area contributed by atoms with E-state index < -0.39 is 0 Å². The first kappa shape index (κ1) is 12.3. The number of hydrogen-bond acceptors (Lipinski definition) is 3. The zero-order valence-electron chi connectivity index (χ0n) is 10.4. The predicted molar refractivity (Wildman–Crippen MR) is 64.6 cm³/mol. The van der Waals surface area contributed by atoms with Gasteiger partial charge in [-0.3, -0.25) is 0 Å². The summed E-state index contributed by atoms with van der Waals surface area (Å²) in [4.78, 5) is 0. The van der Waals surface area contributed by atoms with Gasteiger partial charge in [-0.05, 0) is 32.6 Å². The summed E-state index contributed by atoms with van der Waals surface area (Å²) in [7, 11) is 0. The smallest absolute Gasteiger partial charge is 0.0704 e. The minimum atomic E-state index is 0.432. The summed E-state index contributed by atoms with van der Waals surface area (Å²) in [6.07, 6.45) is 9.10. The Hall–Kier alpha value is -0.120. The molecule has 1 saturated heterocycles. The van der Waals surface area contributed by atoms with Crippen molar-refractivity contribution in [3.8, 4) is 0 Å². The van der Waals surface area contributed by atoms with Crippen LogP contribution in [-0.4, -0.2) is 38.0 Å². The van der Waals surface area contributed by atoms with Gasteiger partial charge in [-0.15, -0.1) is 0 Å². The lowest BCUT2D eigenvalue weighted by Crippen LogP contribution is -2.30. The van der Waals surface area contributed by atoms with Crippen LogP contribution in [0.25, 0.3) is 0 Å². The van der Waals surface area contributed by atoms with Gasteiger partial charge in [0.2, 0.25) is 0 Å². The van der Waals surface area contributed by atoms with E-state index in [2.05, 4.69) is 12.2 Å². The van der Waals surface area contributed by atoms with Crippen molar-refractivity contribution in [3.05, 3.63) is 0 Å². The molecule has 1 saturated carbocycles. The molecule has 0 amide bonds. The monoisotopic (exact) mass is 227 g/mol. The Balaban J connectivity index is 1.43. The molecule has 0 aromatic rings. The van der Waals surface area contributed by atoms with Gasteiger partial charge in [-0.1, -0.05) is 12.8 Å². The molecule has 0 radical (unpaired) electrons. The van der Waals surface area contributed by atoms with E-state index in [0.717, 1.165) is 19.7 Å². The lowest BCUT2D eigenvalue weighted by molar-refractivity contribution is 0.0453. The molecule has 2 unspecified atom stereocenters. The van der Waals surface area contributed by atoms with E-state index in [1.807, 2.05) is 0 Å². The van der Waals surface area contributed by atoms with Crippen LogP contribution < -0.4 is 5.32 Å². The molecule has 2 atom stereocenters. The van der Waals surface area contributed by atoms with Crippen LogP contribution in [0.5, 0.6) is 0 Å². The van der Waals surface area contributed by atoms with Crippen LogP contribution in [0.2, 0.25) is 0 Å². The maximum atomic E-state index is 5.79. The van der Waals surface area contributed by atoms with Crippen LogP contribution in [0.1, 0.15) is 45.4 Å². The van der Waals surface area contributed by atoms with Gasteiger partial charge in [0.05, 0.1) is 24.9 Å². The summed E-state index contributed by atoms with van der Waals surface area (Å²) in [5.41, 5.74) is 0. The highest BCUT2D eigenvalue weighted by Crippen LogP contribution is 2.20. The summed E-state index contributed by atoms with van der Waals surface area (Å²) in [6.45, 7) is 4.96. The van der Waals surface area contributed by atoms with Crippen molar-refractivity contribution in [2.45, 2.75) is 63.8 Å². The van der Waals surface area contributed by atoms with Gasteiger partial charge >= 0.3 is 0 Å². The van der Waals surface area contributed by atoms with Gasteiger partial charge in [-0.2, -0.15) is 0 Å². The second kappa shape index (κ2) is 6.58. The highest BCUT2D eigenvalue weighted by atomic mass is 16.5. The molecule has 1 heterocycles. The van der Waals surface area contributed by atoms with Gasteiger partial charge in [-0.25, -0.2) is 0 Å². The molecule has 3 heteroatoms. The van der Waals surface area contributed by atoms with Gasteiger partial charge in [0.1, 0.15) is 0 Å². The molecule has 16 heavy (non-hydrogen) atoms. The first-order chi connectivity index (χ1) is 7.84. The summed E-state index contributed by atoms with van der Waals surface area (Å²) >= 11 is 0. The molecule has 1 aliphatic heterocycles. The molecule has 2 aliphatic rings. The molecular formula is C13H25NO2. The van der Waals surface area contributed by atoms with Crippen LogP contribution in [0.3, 0.4) is 0 Å². The molecule has 3 nitrogen and oxygen atoms in total. The molecule has 94 valence electrons. The predicted octanol–water partition coefficient (Wildman–Crippen LogP) is 2.10. The van der Waals surface area contributed by atoms with Crippen LogP contribution >= 0.6 is 0 Å². The van der Waals surface area contributed by atoms with Crippen molar-refractivity contribution in [2.75, 3.05) is 19.7 Å². The maximum Gasteiger partial charge on any atom is 0.0704 e. The molecule has 0 spiro atoms. The van der Waals surface area contributed by atoms with E-state index in [4.69, 9.17) is 9.47 Å². The van der Waals surface area contributed by atoms with E-state index in [0.29, 0.717) is 18.3 Å². The van der Waals surface area contributed by atoms with Crippen molar-refractivity contribution in [1.29, 1.82) is 0 Å². The second-order valence-corrected chi connectivity index (χ2v) is 5.13. The Morgan fingerprint density at radius 2 is 2.00 bits per heavy atom. The minimum absolute atomic E-state index is 0.432. The Morgan fingerprint density at radius 1 is 1.19 bits per heavy atom. The Kier molecular flexibility index (Phi) is 5.07. The molecule has 2 fully saturated rings. The van der Waals surface area contributed by atoms with E-state index in [9.17, 15) is 0 Å². The number of hydrogen-bond donors (Lipinski definition) is 1. The van der Waals surface area contributed by atoms with Gasteiger partial charge < -0.3 is 14.8 Å². The fourth-order valence-electron chi connectivity index (χ4n) is 2.65. The van der Waals surface area contributed by atoms with Crippen molar-refractivity contribution in [1.82, 2.24) is 5.32 Å². The SMILES string of the molecule is CC1CCC(CNCCOC2CCCC2)O1. The van der Waals surface area contributed by atoms with Crippen LogP contribution in [0, 0.1) is 0 Å². The lowest BCUT2D eigenvalue weighted by atomic mass is 10.2. The molecular weight excluding hydrogens is 202 g/mol. The zero-order chi connectivity index (χ0) is 11.2. The van der Waals surface area contributed by atoms with Crippen molar-refractivity contribution in [3.63, 3.8) is 0 Å². The van der Waals surface area contributed by atoms with E-state index in [-0.39, 0.29) is 0 Å². The van der Waals surface area contributed by atoms with Crippen molar-refractivity contribution < 1.29 is 9.47 Å². The Bertz CT molecular complexity index is 192. The van der Waals surface area contributed by atoms with Crippen molar-refractivity contribution in [2.24, 2.45) is 0 Å². The van der Waals surface area contributed by atoms with Crippen molar-refractivity contribution >= 4 is 0 Å². The van der Waals surface area contributed by atoms with Gasteiger partial charge in [0.25, 0.3) is 0 Å². The third-order valence-electron chi connectivity index (χ3n) is 3.63. The first-order valence-corrected chi connectivity index (χ1v) is 6.82. The quantitative estimate of drug-likeness (QED) is 0.705. The number of nitrogens with one attached hydrogen (secondary N) is 1. The Labute approximate surface area is 98.9 Å². The summed E-state index contributed by atoms with van der Waals surface area (Å²) in [5.74, 6) is 0. The van der Waals surface area contributed by atoms with Crippen LogP contribution in [0.4, 0.5) is 0 Å². The zero-order valence-corrected chi connectivity index (χ0v) is 10.4. The highest BCUT2D eigenvalue weighted by Gasteiger charge is 2.21. The fourth-order valence-corrected chi connectivity index (χ4v) is 2.65. The molecule has 0 aromatic heterocycles. The van der Waals surface area contributed by atoms with Crippen LogP contribution in [0.15, 0.2) is 0 Å². The Morgan fingerprint density at radius 3 is 2.69 bits per heavy atom. The van der Waals surface area contributed by atoms with E-state index in [1.54, 1.807) is 0 Å². The molecule has 0 bridgehead atoms. The lowest BCUT2D eigenvalue weighted by Gasteiger charge is -2.14. The molecule has 1 N–H and O–H groups in total. The molecule has 2 rings (SSSR count). The summed E-state index contributed by atoms with van der Waals surface area (Å²) < 4.78 is 11.5. The minimum Gasteiger partial charge on any atom is -0.377 e. The van der Waals surface area contributed by atoms with Crippen LogP contribution in [-0.2, 0) is 9.47 Å².